The normalized spacial score (nSPS) is 17.7. The van der Waals surface area contributed by atoms with Crippen molar-refractivity contribution in [3.8, 4) is 5.75 Å². The van der Waals surface area contributed by atoms with Crippen LogP contribution < -0.4 is 10.1 Å². The number of carbonyl (C=O) groups excluding carboxylic acids is 1. The zero-order valence-corrected chi connectivity index (χ0v) is 11.6. The van der Waals surface area contributed by atoms with Crippen molar-refractivity contribution in [3.63, 3.8) is 0 Å². The highest BCUT2D eigenvalue weighted by Gasteiger charge is 2.26. The summed E-state index contributed by atoms with van der Waals surface area (Å²) in [5.41, 5.74) is 1.77. The summed E-state index contributed by atoms with van der Waals surface area (Å²) in [6.07, 6.45) is 0.943. The van der Waals surface area contributed by atoms with Gasteiger partial charge in [0.15, 0.2) is 6.10 Å². The Balaban J connectivity index is 2.06. The maximum Gasteiger partial charge on any atom is 0.260 e. The van der Waals surface area contributed by atoms with Gasteiger partial charge in [0.05, 0.1) is 6.10 Å². The number of ether oxygens (including phenoxy) is 1. The van der Waals surface area contributed by atoms with Gasteiger partial charge in [-0.2, -0.15) is 0 Å². The fourth-order valence-corrected chi connectivity index (χ4v) is 1.89. The number of rotatable bonds is 5. The van der Waals surface area contributed by atoms with E-state index in [0.717, 1.165) is 18.4 Å². The molecule has 0 heterocycles. The van der Waals surface area contributed by atoms with Crippen molar-refractivity contribution in [2.24, 2.45) is 0 Å². The molecule has 2 unspecified atom stereocenters. The Morgan fingerprint density at radius 2 is 2.11 bits per heavy atom. The summed E-state index contributed by atoms with van der Waals surface area (Å²) in [4.78, 5) is 11.8. The van der Waals surface area contributed by atoms with Gasteiger partial charge in [-0.1, -0.05) is 11.6 Å². The molecule has 1 aromatic rings. The molecule has 4 nitrogen and oxygen atoms in total. The Morgan fingerprint density at radius 1 is 1.42 bits per heavy atom. The monoisotopic (exact) mass is 263 g/mol. The van der Waals surface area contributed by atoms with Gasteiger partial charge in [0.25, 0.3) is 5.91 Å². The van der Waals surface area contributed by atoms with E-state index in [1.165, 1.54) is 0 Å². The Morgan fingerprint density at radius 3 is 2.68 bits per heavy atom. The van der Waals surface area contributed by atoms with Gasteiger partial charge in [-0.05, 0) is 45.7 Å². The molecule has 1 aliphatic carbocycles. The van der Waals surface area contributed by atoms with Crippen LogP contribution in [0.5, 0.6) is 5.75 Å². The number of benzene rings is 1. The maximum atomic E-state index is 11.8. The number of aliphatic hydroxyl groups is 1. The van der Waals surface area contributed by atoms with Crippen molar-refractivity contribution in [2.45, 2.75) is 51.9 Å². The third-order valence-corrected chi connectivity index (χ3v) is 3.21. The van der Waals surface area contributed by atoms with Crippen LogP contribution in [0.2, 0.25) is 0 Å². The fraction of sp³-hybridized carbons (Fsp3) is 0.533. The van der Waals surface area contributed by atoms with Crippen molar-refractivity contribution in [1.29, 1.82) is 0 Å². The summed E-state index contributed by atoms with van der Waals surface area (Å²) >= 11 is 0. The van der Waals surface area contributed by atoms with E-state index in [9.17, 15) is 9.90 Å². The van der Waals surface area contributed by atoms with Gasteiger partial charge in [0, 0.05) is 11.6 Å². The number of aliphatic hydroxyl groups excluding tert-OH is 1. The van der Waals surface area contributed by atoms with Crippen LogP contribution in [0.4, 0.5) is 0 Å². The second-order valence-corrected chi connectivity index (χ2v) is 5.26. The molecule has 104 valence electrons. The van der Waals surface area contributed by atoms with Gasteiger partial charge in [-0.25, -0.2) is 0 Å². The van der Waals surface area contributed by atoms with E-state index in [-0.39, 0.29) is 5.91 Å². The summed E-state index contributed by atoms with van der Waals surface area (Å²) in [7, 11) is 0. The molecule has 2 atom stereocenters. The first-order chi connectivity index (χ1) is 8.97. The number of hydrogen-bond donors (Lipinski definition) is 2. The lowest BCUT2D eigenvalue weighted by molar-refractivity contribution is -0.127. The molecule has 2 N–H and O–H groups in total. The van der Waals surface area contributed by atoms with Gasteiger partial charge in [0.1, 0.15) is 5.75 Å². The molecule has 0 aliphatic heterocycles. The summed E-state index contributed by atoms with van der Waals surface area (Å²) in [6.45, 7) is 5.37. The van der Waals surface area contributed by atoms with Gasteiger partial charge in [0.2, 0.25) is 0 Å². The minimum Gasteiger partial charge on any atom is -0.481 e. The highest BCUT2D eigenvalue weighted by molar-refractivity contribution is 5.81. The standard InChI is InChI=1S/C15H21NO3/c1-9-4-7-14(13(8-9)10(2)17)19-11(3)15(18)16-12-5-6-12/h4,7-8,10-12,17H,5-6H2,1-3H3,(H,16,18). The van der Waals surface area contributed by atoms with Gasteiger partial charge >= 0.3 is 0 Å². The van der Waals surface area contributed by atoms with Crippen LogP contribution in [-0.2, 0) is 4.79 Å². The number of amides is 1. The lowest BCUT2D eigenvalue weighted by Crippen LogP contribution is -2.37. The first-order valence-corrected chi connectivity index (χ1v) is 6.73. The summed E-state index contributed by atoms with van der Waals surface area (Å²) < 4.78 is 5.68. The molecule has 1 amide bonds. The van der Waals surface area contributed by atoms with Crippen LogP contribution in [0.1, 0.15) is 43.9 Å². The zero-order chi connectivity index (χ0) is 14.0. The molecule has 0 saturated heterocycles. The van der Waals surface area contributed by atoms with E-state index >= 15 is 0 Å². The lowest BCUT2D eigenvalue weighted by atomic mass is 10.1. The van der Waals surface area contributed by atoms with E-state index < -0.39 is 12.2 Å². The molecular formula is C15H21NO3. The van der Waals surface area contributed by atoms with Gasteiger partial charge < -0.3 is 15.2 Å². The highest BCUT2D eigenvalue weighted by atomic mass is 16.5. The third-order valence-electron chi connectivity index (χ3n) is 3.21. The minimum atomic E-state index is -0.617. The van der Waals surface area contributed by atoms with Crippen molar-refractivity contribution < 1.29 is 14.6 Å². The van der Waals surface area contributed by atoms with E-state index in [4.69, 9.17) is 4.74 Å². The highest BCUT2D eigenvalue weighted by Crippen LogP contribution is 2.27. The second kappa shape index (κ2) is 5.61. The Labute approximate surface area is 113 Å². The number of hydrogen-bond acceptors (Lipinski definition) is 3. The largest absolute Gasteiger partial charge is 0.481 e. The first kappa shape index (κ1) is 13.9. The summed E-state index contributed by atoms with van der Waals surface area (Å²) in [5.74, 6) is 0.471. The van der Waals surface area contributed by atoms with Crippen LogP contribution in [0, 0.1) is 6.92 Å². The smallest absolute Gasteiger partial charge is 0.260 e. The predicted molar refractivity (Wildman–Crippen MR) is 73.1 cm³/mol. The Hall–Kier alpha value is -1.55. The minimum absolute atomic E-state index is 0.0976. The third kappa shape index (κ3) is 3.70. The summed E-state index contributed by atoms with van der Waals surface area (Å²) in [6, 6.07) is 5.92. The van der Waals surface area contributed by atoms with Crippen LogP contribution in [0.3, 0.4) is 0 Å². The average Bonchev–Trinajstić information content (AvgIpc) is 3.14. The van der Waals surface area contributed by atoms with E-state index in [1.807, 2.05) is 19.1 Å². The number of carbonyl (C=O) groups is 1. The van der Waals surface area contributed by atoms with Crippen LogP contribution in [0.15, 0.2) is 18.2 Å². The van der Waals surface area contributed by atoms with Crippen LogP contribution in [-0.4, -0.2) is 23.2 Å². The van der Waals surface area contributed by atoms with Gasteiger partial charge in [-0.15, -0.1) is 0 Å². The zero-order valence-electron chi connectivity index (χ0n) is 11.6. The van der Waals surface area contributed by atoms with Crippen LogP contribution in [0.25, 0.3) is 0 Å². The molecule has 1 saturated carbocycles. The lowest BCUT2D eigenvalue weighted by Gasteiger charge is -2.18. The predicted octanol–water partition coefficient (Wildman–Crippen LogP) is 2.09. The van der Waals surface area contributed by atoms with E-state index in [1.54, 1.807) is 19.9 Å². The van der Waals surface area contributed by atoms with E-state index in [2.05, 4.69) is 5.32 Å². The topological polar surface area (TPSA) is 58.6 Å². The van der Waals surface area contributed by atoms with Crippen molar-refractivity contribution in [1.82, 2.24) is 5.32 Å². The molecule has 0 radical (unpaired) electrons. The molecule has 1 aromatic carbocycles. The van der Waals surface area contributed by atoms with Crippen molar-refractivity contribution >= 4 is 5.91 Å². The summed E-state index contributed by atoms with van der Waals surface area (Å²) in [5, 5.41) is 12.7. The van der Waals surface area contributed by atoms with E-state index in [0.29, 0.717) is 17.4 Å². The molecule has 1 aliphatic rings. The molecule has 0 spiro atoms. The Bertz CT molecular complexity index is 466. The first-order valence-electron chi connectivity index (χ1n) is 6.73. The molecule has 1 fully saturated rings. The fourth-order valence-electron chi connectivity index (χ4n) is 1.89. The number of aryl methyl sites for hydroxylation is 1. The quantitative estimate of drug-likeness (QED) is 0.855. The molecular weight excluding hydrogens is 242 g/mol. The molecule has 0 aromatic heterocycles. The average molecular weight is 263 g/mol. The van der Waals surface area contributed by atoms with Crippen LogP contribution >= 0.6 is 0 Å². The maximum absolute atomic E-state index is 11.8. The molecule has 19 heavy (non-hydrogen) atoms. The number of nitrogens with one attached hydrogen (secondary N) is 1. The van der Waals surface area contributed by atoms with Crippen molar-refractivity contribution in [2.75, 3.05) is 0 Å². The molecule has 0 bridgehead atoms. The molecule has 2 rings (SSSR count). The molecule has 4 heteroatoms. The second-order valence-electron chi connectivity index (χ2n) is 5.26. The van der Waals surface area contributed by atoms with Crippen molar-refractivity contribution in [3.05, 3.63) is 29.3 Å². The van der Waals surface area contributed by atoms with Gasteiger partial charge in [-0.3, -0.25) is 4.79 Å². The Kier molecular flexibility index (Phi) is 4.10. The SMILES string of the molecule is Cc1ccc(OC(C)C(=O)NC2CC2)c(C(C)O)c1.